The van der Waals surface area contributed by atoms with Crippen LogP contribution in [0.1, 0.15) is 125 Å². The van der Waals surface area contributed by atoms with Gasteiger partial charge in [0.25, 0.3) is 0 Å². The lowest BCUT2D eigenvalue weighted by Crippen LogP contribution is -2.53. The van der Waals surface area contributed by atoms with E-state index in [1.165, 1.54) is 64.2 Å². The summed E-state index contributed by atoms with van der Waals surface area (Å²) in [4.78, 5) is 12.8. The molecular formula is C34H62N2O4S. The number of hydrogen-bond acceptors (Lipinski definition) is 4. The maximum atomic E-state index is 12.8. The number of nitrogens with one attached hydrogen (secondary N) is 1. The fourth-order valence-electron chi connectivity index (χ4n) is 11.1. The van der Waals surface area contributed by atoms with Gasteiger partial charge in [0.05, 0.1) is 36.3 Å². The molecule has 0 bridgehead atoms. The van der Waals surface area contributed by atoms with Crippen molar-refractivity contribution in [3.05, 3.63) is 0 Å². The number of rotatable bonds is 14. The lowest BCUT2D eigenvalue weighted by atomic mass is 9.44. The normalized spacial score (nSPS) is 36.2. The average molecular weight is 595 g/mol. The first-order chi connectivity index (χ1) is 19.4. The summed E-state index contributed by atoms with van der Waals surface area (Å²) < 4.78 is 33.8. The van der Waals surface area contributed by atoms with Crippen molar-refractivity contribution < 1.29 is 22.2 Å². The molecule has 4 aliphatic rings. The van der Waals surface area contributed by atoms with Gasteiger partial charge in [0.1, 0.15) is 0 Å². The van der Waals surface area contributed by atoms with Gasteiger partial charge in [-0.15, -0.1) is 0 Å². The van der Waals surface area contributed by atoms with Crippen molar-refractivity contribution in [3.8, 4) is 0 Å². The zero-order valence-corrected chi connectivity index (χ0v) is 27.9. The minimum Gasteiger partial charge on any atom is -0.748 e. The molecule has 41 heavy (non-hydrogen) atoms. The molecule has 4 fully saturated rings. The van der Waals surface area contributed by atoms with E-state index in [4.69, 9.17) is 0 Å². The summed E-state index contributed by atoms with van der Waals surface area (Å²) in [6.45, 7) is 16.0. The molecule has 0 radical (unpaired) electrons. The topological polar surface area (TPSA) is 86.3 Å². The summed E-state index contributed by atoms with van der Waals surface area (Å²) in [7, 11) is -4.16. The maximum Gasteiger partial charge on any atom is 0.220 e. The van der Waals surface area contributed by atoms with E-state index >= 15 is 0 Å². The molecule has 8 atom stereocenters. The number of amides is 1. The second kappa shape index (κ2) is 13.5. The molecule has 6 nitrogen and oxygen atoms in total. The Labute approximate surface area is 252 Å². The molecule has 0 heterocycles. The molecule has 0 saturated heterocycles. The van der Waals surface area contributed by atoms with Crippen LogP contribution in [0.5, 0.6) is 0 Å². The standard InChI is InChI=1S/C34H62N2O4S/c1-6-36(7-2,24-11-25-41(38,39)40)23-10-22-35-32(37)18-13-26(3)29-16-17-30-28-15-14-27-12-8-9-20-33(27,4)31(28)19-21-34(29,30)5/h26-31H,6-25H2,1-5H3,(H-,35,37,38,39,40)/t26-,27?,28?,29-,30?,31?,33+,34-/m1/s1. The van der Waals surface area contributed by atoms with Crippen LogP contribution in [0.4, 0.5) is 0 Å². The van der Waals surface area contributed by atoms with Gasteiger partial charge in [0, 0.05) is 31.6 Å². The first-order valence-corrected chi connectivity index (χ1v) is 19.0. The predicted octanol–water partition coefficient (Wildman–Crippen LogP) is 6.75. The summed E-state index contributed by atoms with van der Waals surface area (Å²) in [6, 6.07) is 0. The molecule has 4 saturated carbocycles. The van der Waals surface area contributed by atoms with Crippen LogP contribution in [0.3, 0.4) is 0 Å². The lowest BCUT2D eigenvalue weighted by Gasteiger charge is -2.61. The molecule has 0 aliphatic heterocycles. The second-order valence-electron chi connectivity index (χ2n) is 15.4. The molecule has 0 aromatic carbocycles. The largest absolute Gasteiger partial charge is 0.748 e. The Hall–Kier alpha value is -0.660. The maximum absolute atomic E-state index is 12.8. The van der Waals surface area contributed by atoms with Gasteiger partial charge in [0.15, 0.2) is 0 Å². The summed E-state index contributed by atoms with van der Waals surface area (Å²) >= 11 is 0. The Morgan fingerprint density at radius 3 is 2.34 bits per heavy atom. The van der Waals surface area contributed by atoms with Gasteiger partial charge in [-0.25, -0.2) is 8.42 Å². The third kappa shape index (κ3) is 7.36. The minimum atomic E-state index is -4.16. The Morgan fingerprint density at radius 2 is 1.63 bits per heavy atom. The van der Waals surface area contributed by atoms with E-state index in [1.54, 1.807) is 0 Å². The molecule has 1 amide bonds. The Kier molecular flexibility index (Phi) is 11.0. The molecule has 1 N–H and O–H groups in total. The molecule has 4 unspecified atom stereocenters. The first kappa shape index (κ1) is 33.2. The number of nitrogens with zero attached hydrogens (tertiary/aromatic N) is 1. The van der Waals surface area contributed by atoms with Gasteiger partial charge in [-0.3, -0.25) is 4.79 Å². The number of hydrogen-bond donors (Lipinski definition) is 1. The molecule has 7 heteroatoms. The SMILES string of the molecule is CC[N+](CC)(CCCNC(=O)CC[C@@H](C)[C@H]1CCC2C3CCC4CCCC[C@]4(C)C3CC[C@@]21C)CCCS(=O)(=O)[O-]. The van der Waals surface area contributed by atoms with E-state index in [9.17, 15) is 17.8 Å². The van der Waals surface area contributed by atoms with Crippen LogP contribution in [0.25, 0.3) is 0 Å². The fraction of sp³-hybridized carbons (Fsp3) is 0.971. The van der Waals surface area contributed by atoms with Gasteiger partial charge in [-0.05, 0) is 118 Å². The smallest absolute Gasteiger partial charge is 0.220 e. The van der Waals surface area contributed by atoms with E-state index in [2.05, 4.69) is 39.9 Å². The molecule has 4 rings (SSSR count). The highest BCUT2D eigenvalue weighted by atomic mass is 32.2. The second-order valence-corrected chi connectivity index (χ2v) is 16.9. The quantitative estimate of drug-likeness (QED) is 0.137. The summed E-state index contributed by atoms with van der Waals surface area (Å²) in [5, 5.41) is 3.17. The van der Waals surface area contributed by atoms with Crippen LogP contribution >= 0.6 is 0 Å². The summed E-state index contributed by atoms with van der Waals surface area (Å²) in [6.07, 6.45) is 17.3. The van der Waals surface area contributed by atoms with Crippen LogP contribution in [-0.4, -0.2) is 61.8 Å². The van der Waals surface area contributed by atoms with Crippen molar-refractivity contribution in [2.24, 2.45) is 46.3 Å². The summed E-state index contributed by atoms with van der Waals surface area (Å²) in [5.74, 6) is 5.01. The Morgan fingerprint density at radius 1 is 0.927 bits per heavy atom. The van der Waals surface area contributed by atoms with Crippen LogP contribution in [0, 0.1) is 46.3 Å². The molecule has 4 aliphatic carbocycles. The monoisotopic (exact) mass is 594 g/mol. The third-order valence-corrected chi connectivity index (χ3v) is 14.5. The zero-order chi connectivity index (χ0) is 29.9. The first-order valence-electron chi connectivity index (χ1n) is 17.4. The van der Waals surface area contributed by atoms with Gasteiger partial charge >= 0.3 is 0 Å². The molecule has 238 valence electrons. The van der Waals surface area contributed by atoms with Gasteiger partial charge in [-0.2, -0.15) is 0 Å². The van der Waals surface area contributed by atoms with E-state index < -0.39 is 10.1 Å². The van der Waals surface area contributed by atoms with Crippen LogP contribution in [0.15, 0.2) is 0 Å². The Balaban J connectivity index is 1.21. The minimum absolute atomic E-state index is 0.173. The van der Waals surface area contributed by atoms with Crippen LogP contribution in [-0.2, 0) is 14.9 Å². The van der Waals surface area contributed by atoms with Crippen molar-refractivity contribution in [3.63, 3.8) is 0 Å². The number of carbonyl (C=O) groups is 1. The van der Waals surface area contributed by atoms with E-state index in [-0.39, 0.29) is 11.7 Å². The highest BCUT2D eigenvalue weighted by Crippen LogP contribution is 2.68. The molecule has 0 spiro atoms. The number of fused-ring (bicyclic) bond motifs is 5. The average Bonchev–Trinajstić information content (AvgIpc) is 3.29. The van der Waals surface area contributed by atoms with Crippen molar-refractivity contribution in [2.45, 2.75) is 125 Å². The highest BCUT2D eigenvalue weighted by molar-refractivity contribution is 7.85. The highest BCUT2D eigenvalue weighted by Gasteiger charge is 2.60. The van der Waals surface area contributed by atoms with Gasteiger partial charge in [0.2, 0.25) is 5.91 Å². The molecule has 0 aromatic rings. The number of carbonyl (C=O) groups excluding carboxylic acids is 1. The van der Waals surface area contributed by atoms with E-state index in [1.807, 2.05) is 0 Å². The van der Waals surface area contributed by atoms with Gasteiger partial charge in [-0.1, -0.05) is 33.6 Å². The van der Waals surface area contributed by atoms with Crippen molar-refractivity contribution in [1.82, 2.24) is 5.32 Å². The van der Waals surface area contributed by atoms with Crippen molar-refractivity contribution >= 4 is 16.0 Å². The summed E-state index contributed by atoms with van der Waals surface area (Å²) in [5.41, 5.74) is 1.07. The third-order valence-electron chi connectivity index (χ3n) is 13.7. The van der Waals surface area contributed by atoms with Crippen LogP contribution in [0.2, 0.25) is 0 Å². The van der Waals surface area contributed by atoms with Crippen molar-refractivity contribution in [1.29, 1.82) is 0 Å². The lowest BCUT2D eigenvalue weighted by molar-refractivity contribution is -0.925. The number of quaternary nitrogens is 1. The molecule has 0 aromatic heterocycles. The van der Waals surface area contributed by atoms with E-state index in [0.717, 1.165) is 66.5 Å². The van der Waals surface area contributed by atoms with Crippen LogP contribution < -0.4 is 5.32 Å². The van der Waals surface area contributed by atoms with E-state index in [0.29, 0.717) is 42.7 Å². The zero-order valence-electron chi connectivity index (χ0n) is 27.1. The predicted molar refractivity (Wildman–Crippen MR) is 166 cm³/mol. The van der Waals surface area contributed by atoms with Crippen molar-refractivity contribution in [2.75, 3.05) is 38.5 Å². The fourth-order valence-corrected chi connectivity index (χ4v) is 11.6. The Bertz CT molecular complexity index is 981. The molecular weight excluding hydrogens is 532 g/mol. The van der Waals surface area contributed by atoms with Gasteiger partial charge < -0.3 is 14.4 Å².